The van der Waals surface area contributed by atoms with E-state index >= 15 is 0 Å². The van der Waals surface area contributed by atoms with Gasteiger partial charge >= 0.3 is 0 Å². The third-order valence-electron chi connectivity index (χ3n) is 5.08. The van der Waals surface area contributed by atoms with Crippen LogP contribution in [-0.4, -0.2) is 49.0 Å². The van der Waals surface area contributed by atoms with Gasteiger partial charge in [0.05, 0.1) is 7.11 Å². The molecule has 0 bridgehead atoms. The molecule has 0 saturated carbocycles. The van der Waals surface area contributed by atoms with E-state index in [2.05, 4.69) is 39.0 Å². The van der Waals surface area contributed by atoms with Crippen molar-refractivity contribution in [1.29, 1.82) is 0 Å². The average molecular weight is 431 g/mol. The number of rotatable bonds is 6. The van der Waals surface area contributed by atoms with Gasteiger partial charge in [0.1, 0.15) is 5.75 Å². The fourth-order valence-corrected chi connectivity index (χ4v) is 3.86. The van der Waals surface area contributed by atoms with E-state index in [4.69, 9.17) is 4.74 Å². The Morgan fingerprint density at radius 3 is 2.56 bits per heavy atom. The molecule has 0 unspecified atom stereocenters. The molecule has 1 amide bonds. The van der Waals surface area contributed by atoms with Gasteiger partial charge in [0.25, 0.3) is 0 Å². The predicted octanol–water partition coefficient (Wildman–Crippen LogP) is 4.12. The Balaban J connectivity index is 1.48. The van der Waals surface area contributed by atoms with E-state index in [0.717, 1.165) is 55.8 Å². The van der Waals surface area contributed by atoms with Crippen molar-refractivity contribution in [3.63, 3.8) is 0 Å². The van der Waals surface area contributed by atoms with Gasteiger partial charge in [-0.1, -0.05) is 46.3 Å². The van der Waals surface area contributed by atoms with Gasteiger partial charge in [-0.2, -0.15) is 0 Å². The summed E-state index contributed by atoms with van der Waals surface area (Å²) in [5.74, 6) is 1.11. The second-order valence-electron chi connectivity index (χ2n) is 6.95. The molecule has 1 aliphatic rings. The van der Waals surface area contributed by atoms with Gasteiger partial charge in [-0.25, -0.2) is 0 Å². The lowest BCUT2D eigenvalue weighted by molar-refractivity contribution is -0.131. The SMILES string of the molecule is COc1ccc(CCC(=O)N2CCCN(Cc3ccccc3Br)CC2)cc1. The zero-order valence-corrected chi connectivity index (χ0v) is 17.5. The van der Waals surface area contributed by atoms with Crippen LogP contribution in [0, 0.1) is 0 Å². The molecule has 144 valence electrons. The number of carbonyl (C=O) groups is 1. The van der Waals surface area contributed by atoms with Gasteiger partial charge < -0.3 is 9.64 Å². The van der Waals surface area contributed by atoms with Crippen molar-refractivity contribution in [2.75, 3.05) is 33.3 Å². The zero-order valence-electron chi connectivity index (χ0n) is 15.9. The van der Waals surface area contributed by atoms with Gasteiger partial charge in [-0.15, -0.1) is 0 Å². The van der Waals surface area contributed by atoms with Crippen molar-refractivity contribution in [2.45, 2.75) is 25.8 Å². The number of halogens is 1. The lowest BCUT2D eigenvalue weighted by Gasteiger charge is -2.22. The average Bonchev–Trinajstić information content (AvgIpc) is 2.94. The number of aryl methyl sites for hydroxylation is 1. The summed E-state index contributed by atoms with van der Waals surface area (Å²) in [5, 5.41) is 0. The third-order valence-corrected chi connectivity index (χ3v) is 5.85. The van der Waals surface area contributed by atoms with Crippen molar-refractivity contribution in [3.05, 3.63) is 64.1 Å². The number of methoxy groups -OCH3 is 1. The van der Waals surface area contributed by atoms with Gasteiger partial charge in [0.2, 0.25) is 5.91 Å². The van der Waals surface area contributed by atoms with Gasteiger partial charge in [-0.05, 0) is 42.2 Å². The highest BCUT2D eigenvalue weighted by molar-refractivity contribution is 9.10. The lowest BCUT2D eigenvalue weighted by atomic mass is 10.1. The van der Waals surface area contributed by atoms with E-state index in [-0.39, 0.29) is 5.91 Å². The first-order chi connectivity index (χ1) is 13.2. The standard InChI is InChI=1S/C22H27BrN2O2/c1-27-20-10-7-18(8-11-20)9-12-22(26)25-14-4-13-24(15-16-25)17-19-5-2-3-6-21(19)23/h2-3,5-8,10-11H,4,9,12-17H2,1H3. The molecule has 0 spiro atoms. The summed E-state index contributed by atoms with van der Waals surface area (Å²) in [7, 11) is 1.66. The fourth-order valence-electron chi connectivity index (χ4n) is 3.45. The Labute approximate surface area is 170 Å². The molecule has 0 atom stereocenters. The van der Waals surface area contributed by atoms with Crippen molar-refractivity contribution in [2.24, 2.45) is 0 Å². The maximum absolute atomic E-state index is 12.6. The molecule has 1 fully saturated rings. The molecule has 27 heavy (non-hydrogen) atoms. The summed E-state index contributed by atoms with van der Waals surface area (Å²) in [4.78, 5) is 17.1. The zero-order chi connectivity index (χ0) is 19.1. The number of ether oxygens (including phenoxy) is 1. The number of carbonyl (C=O) groups excluding carboxylic acids is 1. The smallest absolute Gasteiger partial charge is 0.222 e. The van der Waals surface area contributed by atoms with Crippen LogP contribution in [0.25, 0.3) is 0 Å². The van der Waals surface area contributed by atoms with E-state index in [9.17, 15) is 4.79 Å². The Morgan fingerprint density at radius 2 is 1.81 bits per heavy atom. The monoisotopic (exact) mass is 430 g/mol. The molecule has 4 nitrogen and oxygen atoms in total. The van der Waals surface area contributed by atoms with E-state index < -0.39 is 0 Å². The van der Waals surface area contributed by atoms with Crippen LogP contribution < -0.4 is 4.74 Å². The molecule has 0 aromatic heterocycles. The Bertz CT molecular complexity index is 748. The molecular formula is C22H27BrN2O2. The maximum Gasteiger partial charge on any atom is 0.222 e. The summed E-state index contributed by atoms with van der Waals surface area (Å²) in [6.45, 7) is 4.55. The van der Waals surface area contributed by atoms with Gasteiger partial charge in [-0.3, -0.25) is 9.69 Å². The summed E-state index contributed by atoms with van der Waals surface area (Å²) < 4.78 is 6.34. The molecule has 0 N–H and O–H groups in total. The second kappa shape index (κ2) is 9.90. The number of nitrogens with zero attached hydrogens (tertiary/aromatic N) is 2. The summed E-state index contributed by atoms with van der Waals surface area (Å²) >= 11 is 3.63. The topological polar surface area (TPSA) is 32.8 Å². The van der Waals surface area contributed by atoms with Crippen LogP contribution >= 0.6 is 15.9 Å². The van der Waals surface area contributed by atoms with Crippen LogP contribution in [0.4, 0.5) is 0 Å². The van der Waals surface area contributed by atoms with Crippen molar-refractivity contribution in [3.8, 4) is 5.75 Å². The largest absolute Gasteiger partial charge is 0.497 e. The Morgan fingerprint density at radius 1 is 1.04 bits per heavy atom. The molecule has 1 heterocycles. The molecule has 2 aromatic carbocycles. The molecular weight excluding hydrogens is 404 g/mol. The minimum atomic E-state index is 0.258. The summed E-state index contributed by atoms with van der Waals surface area (Å²) in [6.07, 6.45) is 2.37. The van der Waals surface area contributed by atoms with E-state index in [0.29, 0.717) is 6.42 Å². The molecule has 1 saturated heterocycles. The van der Waals surface area contributed by atoms with Crippen molar-refractivity contribution >= 4 is 21.8 Å². The molecule has 2 aromatic rings. The first kappa shape index (κ1) is 19.9. The van der Waals surface area contributed by atoms with Gasteiger partial charge in [0, 0.05) is 43.6 Å². The highest BCUT2D eigenvalue weighted by atomic mass is 79.9. The second-order valence-corrected chi connectivity index (χ2v) is 7.80. The molecule has 0 aliphatic carbocycles. The van der Waals surface area contributed by atoms with Crippen LogP contribution in [0.3, 0.4) is 0 Å². The van der Waals surface area contributed by atoms with Gasteiger partial charge in [0.15, 0.2) is 0 Å². The predicted molar refractivity (Wildman–Crippen MR) is 112 cm³/mol. The van der Waals surface area contributed by atoms with E-state index in [1.807, 2.05) is 35.2 Å². The molecule has 3 rings (SSSR count). The maximum atomic E-state index is 12.6. The minimum absolute atomic E-state index is 0.258. The third kappa shape index (κ3) is 5.81. The number of hydrogen-bond acceptors (Lipinski definition) is 3. The lowest BCUT2D eigenvalue weighted by Crippen LogP contribution is -2.35. The highest BCUT2D eigenvalue weighted by Crippen LogP contribution is 2.19. The molecule has 5 heteroatoms. The first-order valence-electron chi connectivity index (χ1n) is 9.52. The Kier molecular flexibility index (Phi) is 7.30. The highest BCUT2D eigenvalue weighted by Gasteiger charge is 2.19. The van der Waals surface area contributed by atoms with Crippen LogP contribution in [0.15, 0.2) is 53.0 Å². The number of benzene rings is 2. The van der Waals surface area contributed by atoms with Crippen LogP contribution in [0.2, 0.25) is 0 Å². The molecule has 1 aliphatic heterocycles. The van der Waals surface area contributed by atoms with Crippen molar-refractivity contribution < 1.29 is 9.53 Å². The number of amides is 1. The minimum Gasteiger partial charge on any atom is -0.497 e. The first-order valence-corrected chi connectivity index (χ1v) is 10.3. The Hall–Kier alpha value is -1.85. The number of hydrogen-bond donors (Lipinski definition) is 0. The van der Waals surface area contributed by atoms with Crippen LogP contribution in [0.1, 0.15) is 24.0 Å². The van der Waals surface area contributed by atoms with Crippen LogP contribution in [-0.2, 0) is 17.8 Å². The fraction of sp³-hybridized carbons (Fsp3) is 0.409. The van der Waals surface area contributed by atoms with Crippen molar-refractivity contribution in [1.82, 2.24) is 9.80 Å². The quantitative estimate of drug-likeness (QED) is 0.690. The normalized spacial score (nSPS) is 15.4. The summed E-state index contributed by atoms with van der Waals surface area (Å²) in [5.41, 5.74) is 2.48. The summed E-state index contributed by atoms with van der Waals surface area (Å²) in [6, 6.07) is 16.3. The van der Waals surface area contributed by atoms with Crippen LogP contribution in [0.5, 0.6) is 5.75 Å². The van der Waals surface area contributed by atoms with E-state index in [1.165, 1.54) is 11.1 Å². The van der Waals surface area contributed by atoms with E-state index in [1.54, 1.807) is 7.11 Å². The molecule has 0 radical (unpaired) electrons.